The lowest BCUT2D eigenvalue weighted by Crippen LogP contribution is -2.47. The van der Waals surface area contributed by atoms with Crippen LogP contribution in [0.25, 0.3) is 0 Å². The highest BCUT2D eigenvalue weighted by Crippen LogP contribution is 2.48. The minimum absolute atomic E-state index is 0. The smallest absolute Gasteiger partial charge is 0.177 e. The van der Waals surface area contributed by atoms with E-state index in [9.17, 15) is 4.79 Å². The average Bonchev–Trinajstić information content (AvgIpc) is 2.76. The van der Waals surface area contributed by atoms with E-state index in [1.54, 1.807) is 18.2 Å². The summed E-state index contributed by atoms with van der Waals surface area (Å²) in [4.78, 5) is 16.1. The van der Waals surface area contributed by atoms with E-state index < -0.39 is 5.41 Å². The Morgan fingerprint density at radius 1 is 1.14 bits per heavy atom. The van der Waals surface area contributed by atoms with Gasteiger partial charge in [0.15, 0.2) is 5.78 Å². The van der Waals surface area contributed by atoms with Gasteiger partial charge in [-0.1, -0.05) is 41.4 Å². The van der Waals surface area contributed by atoms with Crippen LogP contribution < -0.4 is 4.74 Å². The van der Waals surface area contributed by atoms with Crippen molar-refractivity contribution < 1.29 is 9.53 Å². The molecule has 2 aliphatic rings. The molecule has 0 saturated carbocycles. The molecule has 4 rings (SSSR count). The lowest BCUT2D eigenvalue weighted by atomic mass is 9.68. The maximum absolute atomic E-state index is 13.7. The van der Waals surface area contributed by atoms with Crippen LogP contribution >= 0.6 is 28.6 Å². The second-order valence-electron chi connectivity index (χ2n) is 7.73. The van der Waals surface area contributed by atoms with Crippen LogP contribution in [-0.2, 0) is 5.41 Å². The molecule has 3 nitrogen and oxygen atoms in total. The van der Waals surface area contributed by atoms with E-state index >= 15 is 0 Å². The molecule has 0 aliphatic carbocycles. The number of likely N-dealkylation sites (tertiary alicyclic amines) is 1. The number of ketones is 1. The number of allylic oxidation sites excluding steroid dienone is 1. The van der Waals surface area contributed by atoms with E-state index in [0.29, 0.717) is 16.3 Å². The molecule has 2 aliphatic heterocycles. The quantitative estimate of drug-likeness (QED) is 0.497. The Hall–Kier alpha value is -1.62. The van der Waals surface area contributed by atoms with Crippen LogP contribution in [0.15, 0.2) is 54.1 Å². The molecule has 0 atom stereocenters. The summed E-state index contributed by atoms with van der Waals surface area (Å²) < 4.78 is 6.16. The predicted octanol–water partition coefficient (Wildman–Crippen LogP) is 6.21. The molecule has 5 heteroatoms. The monoisotopic (exact) mass is 461 g/mol. The molecule has 0 aromatic heterocycles. The maximum Gasteiger partial charge on any atom is 0.177 e. The largest absolute Gasteiger partial charge is 0.456 e. The molecule has 28 heavy (non-hydrogen) atoms. The topological polar surface area (TPSA) is 29.5 Å². The molecule has 148 valence electrons. The van der Waals surface area contributed by atoms with Crippen molar-refractivity contribution in [3.05, 3.63) is 70.3 Å². The van der Waals surface area contributed by atoms with E-state index in [4.69, 9.17) is 16.3 Å². The summed E-state index contributed by atoms with van der Waals surface area (Å²) in [5.74, 6) is 1.51. The summed E-state index contributed by atoms with van der Waals surface area (Å²) in [5.41, 5.74) is 2.37. The van der Waals surface area contributed by atoms with Gasteiger partial charge in [0.05, 0.1) is 11.0 Å². The summed E-state index contributed by atoms with van der Waals surface area (Å²) in [7, 11) is 0. The summed E-state index contributed by atoms with van der Waals surface area (Å²) in [6.07, 6.45) is 3.82. The molecule has 2 aromatic rings. The fraction of sp³-hybridized carbons (Fsp3) is 0.348. The lowest BCUT2D eigenvalue weighted by Gasteiger charge is -2.40. The standard InChI is InChI=1S/C23H24ClNO2.BrH/c1-16(2)9-12-25-13-10-23(11-14-25)19-5-3-4-6-21(19)27-20-8-7-17(24)15-18(20)22(23)26;/h3-9,15H,10-14H2,1-2H3;1H. The summed E-state index contributed by atoms with van der Waals surface area (Å²) in [6.45, 7) is 6.95. The Kier molecular flexibility index (Phi) is 6.33. The first-order chi connectivity index (χ1) is 13.0. The van der Waals surface area contributed by atoms with E-state index in [0.717, 1.165) is 43.8 Å². The average molecular weight is 463 g/mol. The minimum Gasteiger partial charge on any atom is -0.456 e. The van der Waals surface area contributed by atoms with Gasteiger partial charge in [0.2, 0.25) is 0 Å². The van der Waals surface area contributed by atoms with Crippen LogP contribution in [0.5, 0.6) is 11.5 Å². The second-order valence-corrected chi connectivity index (χ2v) is 8.17. The highest BCUT2D eigenvalue weighted by atomic mass is 79.9. The number of hydrogen-bond donors (Lipinski definition) is 0. The minimum atomic E-state index is -0.548. The van der Waals surface area contributed by atoms with E-state index in [1.807, 2.05) is 24.3 Å². The fourth-order valence-corrected chi connectivity index (χ4v) is 4.32. The van der Waals surface area contributed by atoms with Gasteiger partial charge >= 0.3 is 0 Å². The van der Waals surface area contributed by atoms with Crippen molar-refractivity contribution in [2.45, 2.75) is 32.1 Å². The van der Waals surface area contributed by atoms with Crippen molar-refractivity contribution in [3.63, 3.8) is 0 Å². The third kappa shape index (κ3) is 3.78. The van der Waals surface area contributed by atoms with Gasteiger partial charge in [-0.2, -0.15) is 0 Å². The number of ether oxygens (including phenoxy) is 1. The Morgan fingerprint density at radius 2 is 1.86 bits per heavy atom. The van der Waals surface area contributed by atoms with Gasteiger partial charge in [0.25, 0.3) is 0 Å². The lowest BCUT2D eigenvalue weighted by molar-refractivity contribution is 0.0784. The van der Waals surface area contributed by atoms with Gasteiger partial charge < -0.3 is 4.74 Å². The number of benzene rings is 2. The van der Waals surface area contributed by atoms with Crippen LogP contribution in [0.2, 0.25) is 5.02 Å². The molecule has 0 amide bonds. The highest BCUT2D eigenvalue weighted by Gasteiger charge is 2.47. The summed E-state index contributed by atoms with van der Waals surface area (Å²) in [6, 6.07) is 13.3. The van der Waals surface area contributed by atoms with Crippen LogP contribution in [-0.4, -0.2) is 30.3 Å². The SMILES string of the molecule is Br.CC(C)=CCN1CCC2(CC1)C(=O)c1cc(Cl)ccc1Oc1ccccc12. The number of halogens is 2. The Balaban J connectivity index is 0.00000225. The number of carbonyl (C=O) groups excluding carboxylic acids is 1. The van der Waals surface area contributed by atoms with Crippen molar-refractivity contribution >= 4 is 34.4 Å². The third-order valence-corrected chi connectivity index (χ3v) is 5.95. The number of carbonyl (C=O) groups is 1. The van der Waals surface area contributed by atoms with Crippen LogP contribution in [0, 0.1) is 0 Å². The first-order valence-electron chi connectivity index (χ1n) is 9.47. The van der Waals surface area contributed by atoms with Crippen molar-refractivity contribution in [1.29, 1.82) is 0 Å². The number of Topliss-reactive ketones (excluding diaryl/α,β-unsaturated/α-hetero) is 1. The molecule has 1 fully saturated rings. The van der Waals surface area contributed by atoms with E-state index in [1.165, 1.54) is 5.57 Å². The van der Waals surface area contributed by atoms with E-state index in [-0.39, 0.29) is 22.8 Å². The van der Waals surface area contributed by atoms with Gasteiger partial charge in [0, 0.05) is 17.1 Å². The zero-order chi connectivity index (χ0) is 19.0. The molecule has 1 saturated heterocycles. The Labute approximate surface area is 182 Å². The number of piperidine rings is 1. The third-order valence-electron chi connectivity index (χ3n) is 5.71. The van der Waals surface area contributed by atoms with E-state index in [2.05, 4.69) is 24.8 Å². The molecule has 2 heterocycles. The highest BCUT2D eigenvalue weighted by molar-refractivity contribution is 8.93. The predicted molar refractivity (Wildman–Crippen MR) is 119 cm³/mol. The molecule has 0 bridgehead atoms. The molecule has 0 unspecified atom stereocenters. The zero-order valence-corrected chi connectivity index (χ0v) is 18.7. The number of rotatable bonds is 2. The van der Waals surface area contributed by atoms with Crippen molar-refractivity contribution in [2.24, 2.45) is 0 Å². The van der Waals surface area contributed by atoms with Gasteiger partial charge in [-0.05, 0) is 64.0 Å². The molecule has 0 N–H and O–H groups in total. The van der Waals surface area contributed by atoms with Gasteiger partial charge in [-0.25, -0.2) is 0 Å². The van der Waals surface area contributed by atoms with Crippen molar-refractivity contribution in [1.82, 2.24) is 4.90 Å². The zero-order valence-electron chi connectivity index (χ0n) is 16.2. The van der Waals surface area contributed by atoms with Crippen molar-refractivity contribution in [3.8, 4) is 11.5 Å². The maximum atomic E-state index is 13.7. The summed E-state index contributed by atoms with van der Waals surface area (Å²) in [5, 5.41) is 0.563. The number of hydrogen-bond acceptors (Lipinski definition) is 3. The van der Waals surface area contributed by atoms with Crippen LogP contribution in [0.4, 0.5) is 0 Å². The van der Waals surface area contributed by atoms with Gasteiger partial charge in [0.1, 0.15) is 11.5 Å². The van der Waals surface area contributed by atoms with Crippen molar-refractivity contribution in [2.75, 3.05) is 19.6 Å². The number of nitrogens with zero attached hydrogens (tertiary/aromatic N) is 1. The second kappa shape index (κ2) is 8.40. The molecular formula is C23H25BrClNO2. The normalized spacial score (nSPS) is 17.6. The van der Waals surface area contributed by atoms with Gasteiger partial charge in [-0.3, -0.25) is 9.69 Å². The molecule has 2 aromatic carbocycles. The molecular weight excluding hydrogens is 438 g/mol. The summed E-state index contributed by atoms with van der Waals surface area (Å²) >= 11 is 6.21. The van der Waals surface area contributed by atoms with Crippen LogP contribution in [0.1, 0.15) is 42.6 Å². The Morgan fingerprint density at radius 3 is 2.57 bits per heavy atom. The number of para-hydroxylation sites is 1. The molecule has 0 radical (unpaired) electrons. The fourth-order valence-electron chi connectivity index (χ4n) is 4.14. The van der Waals surface area contributed by atoms with Crippen LogP contribution in [0.3, 0.4) is 0 Å². The molecule has 1 spiro atoms. The van der Waals surface area contributed by atoms with Gasteiger partial charge in [-0.15, -0.1) is 17.0 Å². The first-order valence-corrected chi connectivity index (χ1v) is 9.85. The number of fused-ring (bicyclic) bond motifs is 3. The first kappa shape index (κ1) is 21.1. The Bertz CT molecular complexity index is 913.